The second-order valence-electron chi connectivity index (χ2n) is 5.36. The van der Waals surface area contributed by atoms with Crippen LogP contribution in [0.2, 0.25) is 5.02 Å². The lowest BCUT2D eigenvalue weighted by atomic mass is 9.93. The van der Waals surface area contributed by atoms with E-state index >= 15 is 0 Å². The standard InChI is InChI=1S/C14H17Cl2NO2/c1-14(2,8-15)13(18)17-11-5-6-19-12-4-3-9(16)7-10(11)12/h3-4,7,11H,5-6,8H2,1-2H3,(H,17,18). The molecular weight excluding hydrogens is 285 g/mol. The van der Waals surface area contributed by atoms with Gasteiger partial charge in [-0.05, 0) is 32.0 Å². The Balaban J connectivity index is 2.20. The molecule has 1 N–H and O–H groups in total. The van der Waals surface area contributed by atoms with Crippen molar-refractivity contribution < 1.29 is 9.53 Å². The zero-order valence-electron chi connectivity index (χ0n) is 11.0. The molecule has 19 heavy (non-hydrogen) atoms. The predicted octanol–water partition coefficient (Wildman–Crippen LogP) is 3.54. The second-order valence-corrected chi connectivity index (χ2v) is 6.07. The van der Waals surface area contributed by atoms with Gasteiger partial charge in [-0.3, -0.25) is 4.79 Å². The zero-order valence-corrected chi connectivity index (χ0v) is 12.5. The van der Waals surface area contributed by atoms with Gasteiger partial charge in [0.15, 0.2) is 0 Å². The third-order valence-corrected chi connectivity index (χ3v) is 4.17. The van der Waals surface area contributed by atoms with Gasteiger partial charge in [-0.2, -0.15) is 0 Å². The molecule has 0 aromatic heterocycles. The summed E-state index contributed by atoms with van der Waals surface area (Å²) in [7, 11) is 0. The zero-order chi connectivity index (χ0) is 14.0. The topological polar surface area (TPSA) is 38.3 Å². The van der Waals surface area contributed by atoms with Gasteiger partial charge in [0.25, 0.3) is 0 Å². The van der Waals surface area contributed by atoms with Gasteiger partial charge in [0.2, 0.25) is 5.91 Å². The largest absolute Gasteiger partial charge is 0.493 e. The van der Waals surface area contributed by atoms with Crippen LogP contribution in [0.5, 0.6) is 5.75 Å². The molecule has 5 heteroatoms. The molecule has 104 valence electrons. The van der Waals surface area contributed by atoms with Crippen LogP contribution in [0.25, 0.3) is 0 Å². The van der Waals surface area contributed by atoms with Gasteiger partial charge in [-0.1, -0.05) is 11.6 Å². The van der Waals surface area contributed by atoms with Gasteiger partial charge in [0, 0.05) is 22.9 Å². The number of ether oxygens (including phenoxy) is 1. The molecule has 3 nitrogen and oxygen atoms in total. The van der Waals surface area contributed by atoms with Crippen molar-refractivity contribution in [2.75, 3.05) is 12.5 Å². The number of fused-ring (bicyclic) bond motifs is 1. The number of benzene rings is 1. The predicted molar refractivity (Wildman–Crippen MR) is 76.9 cm³/mol. The molecule has 1 amide bonds. The second kappa shape index (κ2) is 5.59. The van der Waals surface area contributed by atoms with E-state index in [-0.39, 0.29) is 17.8 Å². The Bertz CT molecular complexity index is 488. The van der Waals surface area contributed by atoms with Crippen LogP contribution in [0.4, 0.5) is 0 Å². The summed E-state index contributed by atoms with van der Waals surface area (Å²) in [4.78, 5) is 12.2. The highest BCUT2D eigenvalue weighted by Crippen LogP contribution is 2.34. The molecule has 2 rings (SSSR count). The van der Waals surface area contributed by atoms with Crippen LogP contribution >= 0.6 is 23.2 Å². The molecule has 0 radical (unpaired) electrons. The molecule has 1 heterocycles. The van der Waals surface area contributed by atoms with Gasteiger partial charge in [0.1, 0.15) is 5.75 Å². The quantitative estimate of drug-likeness (QED) is 0.867. The molecule has 1 aliphatic heterocycles. The lowest BCUT2D eigenvalue weighted by Gasteiger charge is -2.30. The van der Waals surface area contributed by atoms with Crippen LogP contribution in [-0.2, 0) is 4.79 Å². The maximum atomic E-state index is 12.2. The minimum absolute atomic E-state index is 0.0553. The maximum absolute atomic E-state index is 12.2. The summed E-state index contributed by atoms with van der Waals surface area (Å²) < 4.78 is 5.57. The molecule has 0 saturated carbocycles. The Morgan fingerprint density at radius 1 is 1.53 bits per heavy atom. The average molecular weight is 302 g/mol. The van der Waals surface area contributed by atoms with Gasteiger partial charge in [-0.25, -0.2) is 0 Å². The van der Waals surface area contributed by atoms with Crippen LogP contribution in [0.3, 0.4) is 0 Å². The Morgan fingerprint density at radius 3 is 2.95 bits per heavy atom. The Hall–Kier alpha value is -0.930. The summed E-state index contributed by atoms with van der Waals surface area (Å²) in [6.07, 6.45) is 0.734. The van der Waals surface area contributed by atoms with Crippen LogP contribution in [0.15, 0.2) is 18.2 Å². The minimum Gasteiger partial charge on any atom is -0.493 e. The number of amides is 1. The normalized spacial score (nSPS) is 18.4. The number of carbonyl (C=O) groups excluding carboxylic acids is 1. The van der Waals surface area contributed by atoms with Crippen LogP contribution in [0, 0.1) is 5.41 Å². The monoisotopic (exact) mass is 301 g/mol. The van der Waals surface area contributed by atoms with E-state index in [1.807, 2.05) is 26.0 Å². The number of rotatable bonds is 3. The summed E-state index contributed by atoms with van der Waals surface area (Å²) in [5.74, 6) is 1.01. The fraction of sp³-hybridized carbons (Fsp3) is 0.500. The minimum atomic E-state index is -0.585. The Morgan fingerprint density at radius 2 is 2.26 bits per heavy atom. The van der Waals surface area contributed by atoms with E-state index in [4.69, 9.17) is 27.9 Å². The lowest BCUT2D eigenvalue weighted by Crippen LogP contribution is -2.41. The van der Waals surface area contributed by atoms with Gasteiger partial charge in [-0.15, -0.1) is 11.6 Å². The molecule has 1 aromatic rings. The third kappa shape index (κ3) is 3.15. The highest BCUT2D eigenvalue weighted by Gasteiger charge is 2.31. The number of hydrogen-bond donors (Lipinski definition) is 1. The van der Waals surface area contributed by atoms with Gasteiger partial charge < -0.3 is 10.1 Å². The summed E-state index contributed by atoms with van der Waals surface area (Å²) in [5.41, 5.74) is 0.343. The summed E-state index contributed by atoms with van der Waals surface area (Å²) in [5, 5.41) is 3.67. The first-order valence-corrected chi connectivity index (χ1v) is 7.14. The number of carbonyl (C=O) groups is 1. The molecule has 0 spiro atoms. The fourth-order valence-corrected chi connectivity index (χ4v) is 2.23. The van der Waals surface area contributed by atoms with E-state index in [2.05, 4.69) is 5.32 Å². The van der Waals surface area contributed by atoms with Gasteiger partial charge >= 0.3 is 0 Å². The molecule has 0 bridgehead atoms. The van der Waals surface area contributed by atoms with E-state index in [9.17, 15) is 4.79 Å². The molecule has 1 unspecified atom stereocenters. The van der Waals surface area contributed by atoms with Crippen molar-refractivity contribution in [3.63, 3.8) is 0 Å². The number of halogens is 2. The molecule has 0 saturated heterocycles. The van der Waals surface area contributed by atoms with Crippen molar-refractivity contribution in [3.8, 4) is 5.75 Å². The van der Waals surface area contributed by atoms with Crippen LogP contribution in [-0.4, -0.2) is 18.4 Å². The van der Waals surface area contributed by atoms with Crippen molar-refractivity contribution >= 4 is 29.1 Å². The first-order valence-electron chi connectivity index (χ1n) is 6.23. The Labute approximate surface area is 123 Å². The molecular formula is C14H17Cl2NO2. The SMILES string of the molecule is CC(C)(CCl)C(=O)NC1CCOc2ccc(Cl)cc21. The average Bonchev–Trinajstić information content (AvgIpc) is 2.39. The smallest absolute Gasteiger partial charge is 0.227 e. The van der Waals surface area contributed by atoms with Crippen molar-refractivity contribution in [1.29, 1.82) is 0 Å². The molecule has 1 aromatic carbocycles. The molecule has 0 aliphatic carbocycles. The Kier molecular flexibility index (Phi) is 4.26. The van der Waals surface area contributed by atoms with E-state index in [0.717, 1.165) is 17.7 Å². The first kappa shape index (κ1) is 14.5. The van der Waals surface area contributed by atoms with Crippen molar-refractivity contribution in [2.45, 2.75) is 26.3 Å². The van der Waals surface area contributed by atoms with Crippen molar-refractivity contribution in [3.05, 3.63) is 28.8 Å². The van der Waals surface area contributed by atoms with E-state index in [1.54, 1.807) is 6.07 Å². The molecule has 1 aliphatic rings. The highest BCUT2D eigenvalue weighted by molar-refractivity contribution is 6.30. The van der Waals surface area contributed by atoms with E-state index in [1.165, 1.54) is 0 Å². The third-order valence-electron chi connectivity index (χ3n) is 3.27. The van der Waals surface area contributed by atoms with E-state index in [0.29, 0.717) is 11.6 Å². The van der Waals surface area contributed by atoms with Crippen molar-refractivity contribution in [2.24, 2.45) is 5.41 Å². The van der Waals surface area contributed by atoms with Crippen molar-refractivity contribution in [1.82, 2.24) is 5.32 Å². The van der Waals surface area contributed by atoms with Gasteiger partial charge in [0.05, 0.1) is 18.1 Å². The lowest BCUT2D eigenvalue weighted by molar-refractivity contribution is -0.129. The fourth-order valence-electron chi connectivity index (χ4n) is 1.93. The number of alkyl halides is 1. The summed E-state index contributed by atoms with van der Waals surface area (Å²) in [6.45, 7) is 4.24. The highest BCUT2D eigenvalue weighted by atomic mass is 35.5. The number of hydrogen-bond acceptors (Lipinski definition) is 2. The summed E-state index contributed by atoms with van der Waals surface area (Å²) in [6, 6.07) is 5.39. The van der Waals surface area contributed by atoms with Crippen LogP contribution in [0.1, 0.15) is 31.9 Å². The maximum Gasteiger partial charge on any atom is 0.227 e. The van der Waals surface area contributed by atoms with E-state index < -0.39 is 5.41 Å². The molecule has 1 atom stereocenters. The van der Waals surface area contributed by atoms with Crippen LogP contribution < -0.4 is 10.1 Å². The summed E-state index contributed by atoms with van der Waals surface area (Å²) >= 11 is 11.8. The molecule has 0 fully saturated rings. The number of nitrogens with one attached hydrogen (secondary N) is 1. The first-order chi connectivity index (χ1) is 8.94.